The van der Waals surface area contributed by atoms with E-state index in [4.69, 9.17) is 4.42 Å². The molecule has 0 aliphatic rings. The van der Waals surface area contributed by atoms with Crippen molar-refractivity contribution in [3.05, 3.63) is 40.2 Å². The van der Waals surface area contributed by atoms with E-state index in [2.05, 4.69) is 10.1 Å². The first kappa shape index (κ1) is 13.8. The number of esters is 1. The lowest BCUT2D eigenvalue weighted by Crippen LogP contribution is -2.24. The van der Waals surface area contributed by atoms with Gasteiger partial charge in [0.2, 0.25) is 0 Å². The molecule has 0 unspecified atom stereocenters. The molecular weight excluding hydrogens is 262 g/mol. The second kappa shape index (κ2) is 5.56. The highest BCUT2D eigenvalue weighted by Crippen LogP contribution is 2.20. The van der Waals surface area contributed by atoms with Gasteiger partial charge in [0, 0.05) is 17.1 Å². The van der Waals surface area contributed by atoms with Gasteiger partial charge in [-0.05, 0) is 37.6 Å². The van der Waals surface area contributed by atoms with Crippen molar-refractivity contribution in [3.8, 4) is 0 Å². The largest absolute Gasteiger partial charge is 0.459 e. The number of hydrogen-bond acceptors (Lipinski definition) is 5. The number of ether oxygens (including phenoxy) is 1. The fourth-order valence-corrected chi connectivity index (χ4v) is 1.78. The summed E-state index contributed by atoms with van der Waals surface area (Å²) in [5, 5.41) is 3.11. The standard InChI is InChI=1S/C14H13NO5/c1-3-19-14(18)13(17)15-9-4-5-11-10(7-9)8(2)6-12(16)20-11/h4-7H,3H2,1-2H3,(H,15,17). The SMILES string of the molecule is CCOC(=O)C(=O)Nc1ccc2oc(=O)cc(C)c2c1. The Labute approximate surface area is 114 Å². The van der Waals surface area contributed by atoms with Crippen LogP contribution in [0.1, 0.15) is 12.5 Å². The van der Waals surface area contributed by atoms with E-state index < -0.39 is 17.5 Å². The Bertz CT molecular complexity index is 732. The first-order valence-corrected chi connectivity index (χ1v) is 6.04. The Morgan fingerprint density at radius 2 is 2.05 bits per heavy atom. The highest BCUT2D eigenvalue weighted by molar-refractivity contribution is 6.37. The van der Waals surface area contributed by atoms with E-state index in [1.165, 1.54) is 6.07 Å². The van der Waals surface area contributed by atoms with Crippen molar-refractivity contribution >= 4 is 28.5 Å². The van der Waals surface area contributed by atoms with Crippen LogP contribution in [0, 0.1) is 6.92 Å². The molecule has 2 aromatic rings. The summed E-state index contributed by atoms with van der Waals surface area (Å²) in [6.45, 7) is 3.51. The summed E-state index contributed by atoms with van der Waals surface area (Å²) in [5.41, 5.74) is 1.14. The van der Waals surface area contributed by atoms with Crippen molar-refractivity contribution in [1.82, 2.24) is 0 Å². The monoisotopic (exact) mass is 275 g/mol. The number of benzene rings is 1. The van der Waals surface area contributed by atoms with Crippen LogP contribution in [0.4, 0.5) is 5.69 Å². The highest BCUT2D eigenvalue weighted by atomic mass is 16.5. The van der Waals surface area contributed by atoms with E-state index in [0.717, 1.165) is 5.56 Å². The van der Waals surface area contributed by atoms with Gasteiger partial charge in [0.25, 0.3) is 0 Å². The molecule has 6 nitrogen and oxygen atoms in total. The Hall–Kier alpha value is -2.63. The van der Waals surface area contributed by atoms with Gasteiger partial charge < -0.3 is 14.5 Å². The summed E-state index contributed by atoms with van der Waals surface area (Å²) in [7, 11) is 0. The number of carbonyl (C=O) groups excluding carboxylic acids is 2. The molecule has 20 heavy (non-hydrogen) atoms. The lowest BCUT2D eigenvalue weighted by Gasteiger charge is -2.06. The molecule has 1 N–H and O–H groups in total. The fraction of sp³-hybridized carbons (Fsp3) is 0.214. The number of hydrogen-bond donors (Lipinski definition) is 1. The first-order valence-electron chi connectivity index (χ1n) is 6.04. The minimum Gasteiger partial charge on any atom is -0.459 e. The molecule has 1 heterocycles. The van der Waals surface area contributed by atoms with Crippen LogP contribution in [-0.2, 0) is 14.3 Å². The molecule has 104 valence electrons. The van der Waals surface area contributed by atoms with Gasteiger partial charge in [-0.3, -0.25) is 4.79 Å². The molecular formula is C14H13NO5. The summed E-state index contributed by atoms with van der Waals surface area (Å²) < 4.78 is 9.62. The maximum Gasteiger partial charge on any atom is 0.397 e. The molecule has 0 bridgehead atoms. The number of amides is 1. The van der Waals surface area contributed by atoms with Crippen molar-refractivity contribution in [2.75, 3.05) is 11.9 Å². The van der Waals surface area contributed by atoms with Crippen molar-refractivity contribution in [2.45, 2.75) is 13.8 Å². The molecule has 0 spiro atoms. The van der Waals surface area contributed by atoms with Crippen LogP contribution >= 0.6 is 0 Å². The van der Waals surface area contributed by atoms with Gasteiger partial charge in [0.15, 0.2) is 0 Å². The average Bonchev–Trinajstić information content (AvgIpc) is 2.39. The molecule has 1 aromatic heterocycles. The number of aryl methyl sites for hydroxylation is 1. The third kappa shape index (κ3) is 2.85. The minimum absolute atomic E-state index is 0.133. The number of carbonyl (C=O) groups is 2. The van der Waals surface area contributed by atoms with Gasteiger partial charge in [-0.25, -0.2) is 9.59 Å². The fourth-order valence-electron chi connectivity index (χ4n) is 1.78. The molecule has 0 aliphatic heterocycles. The van der Waals surface area contributed by atoms with Crippen LogP contribution < -0.4 is 10.9 Å². The zero-order valence-electron chi connectivity index (χ0n) is 11.1. The number of nitrogens with one attached hydrogen (secondary N) is 1. The summed E-state index contributed by atoms with van der Waals surface area (Å²) >= 11 is 0. The minimum atomic E-state index is -0.941. The molecule has 6 heteroatoms. The maximum atomic E-state index is 11.5. The van der Waals surface area contributed by atoms with Gasteiger partial charge in [-0.15, -0.1) is 0 Å². The second-order valence-electron chi connectivity index (χ2n) is 4.13. The Morgan fingerprint density at radius 3 is 2.75 bits per heavy atom. The van der Waals surface area contributed by atoms with Crippen molar-refractivity contribution in [3.63, 3.8) is 0 Å². The van der Waals surface area contributed by atoms with E-state index in [-0.39, 0.29) is 6.61 Å². The summed E-state index contributed by atoms with van der Waals surface area (Å²) in [5.74, 6) is -1.79. The van der Waals surface area contributed by atoms with Crippen LogP contribution in [0.5, 0.6) is 0 Å². The topological polar surface area (TPSA) is 85.6 Å². The van der Waals surface area contributed by atoms with Gasteiger partial charge in [0.05, 0.1) is 6.61 Å². The predicted molar refractivity (Wildman–Crippen MR) is 72.5 cm³/mol. The molecule has 1 aromatic carbocycles. The molecule has 2 rings (SSSR count). The summed E-state index contributed by atoms with van der Waals surface area (Å²) in [4.78, 5) is 34.0. The Morgan fingerprint density at radius 1 is 1.30 bits per heavy atom. The molecule has 0 fully saturated rings. The molecule has 0 saturated carbocycles. The number of anilines is 1. The number of rotatable bonds is 2. The Balaban J connectivity index is 2.31. The van der Waals surface area contributed by atoms with Gasteiger partial charge in [0.1, 0.15) is 5.58 Å². The molecule has 0 saturated heterocycles. The third-order valence-corrected chi connectivity index (χ3v) is 2.67. The van der Waals surface area contributed by atoms with Crippen LogP contribution in [0.2, 0.25) is 0 Å². The predicted octanol–water partition coefficient (Wildman–Crippen LogP) is 1.60. The van der Waals surface area contributed by atoms with E-state index in [0.29, 0.717) is 16.7 Å². The first-order chi connectivity index (χ1) is 9.51. The van der Waals surface area contributed by atoms with Crippen LogP contribution in [-0.4, -0.2) is 18.5 Å². The van der Waals surface area contributed by atoms with E-state index in [1.807, 2.05) is 0 Å². The molecule has 0 atom stereocenters. The smallest absolute Gasteiger partial charge is 0.397 e. The van der Waals surface area contributed by atoms with E-state index in [1.54, 1.807) is 32.0 Å². The van der Waals surface area contributed by atoms with Crippen LogP contribution in [0.15, 0.2) is 33.5 Å². The van der Waals surface area contributed by atoms with Gasteiger partial charge >= 0.3 is 17.5 Å². The lowest BCUT2D eigenvalue weighted by atomic mass is 10.1. The molecule has 0 radical (unpaired) electrons. The highest BCUT2D eigenvalue weighted by Gasteiger charge is 2.15. The number of fused-ring (bicyclic) bond motifs is 1. The van der Waals surface area contributed by atoms with Gasteiger partial charge in [-0.2, -0.15) is 0 Å². The van der Waals surface area contributed by atoms with Crippen molar-refractivity contribution in [2.24, 2.45) is 0 Å². The van der Waals surface area contributed by atoms with Crippen LogP contribution in [0.25, 0.3) is 11.0 Å². The Kier molecular flexibility index (Phi) is 3.84. The van der Waals surface area contributed by atoms with Crippen LogP contribution in [0.3, 0.4) is 0 Å². The zero-order chi connectivity index (χ0) is 14.7. The molecule has 1 amide bonds. The zero-order valence-corrected chi connectivity index (χ0v) is 11.1. The second-order valence-corrected chi connectivity index (χ2v) is 4.13. The normalized spacial score (nSPS) is 10.3. The van der Waals surface area contributed by atoms with E-state index in [9.17, 15) is 14.4 Å². The maximum absolute atomic E-state index is 11.5. The van der Waals surface area contributed by atoms with Crippen molar-refractivity contribution in [1.29, 1.82) is 0 Å². The molecule has 0 aliphatic carbocycles. The third-order valence-electron chi connectivity index (χ3n) is 2.67. The van der Waals surface area contributed by atoms with E-state index >= 15 is 0 Å². The lowest BCUT2D eigenvalue weighted by molar-refractivity contribution is -0.152. The van der Waals surface area contributed by atoms with Crippen molar-refractivity contribution < 1.29 is 18.7 Å². The summed E-state index contributed by atoms with van der Waals surface area (Å²) in [6, 6.07) is 6.09. The summed E-state index contributed by atoms with van der Waals surface area (Å²) in [6.07, 6.45) is 0. The quantitative estimate of drug-likeness (QED) is 0.511. The van der Waals surface area contributed by atoms with Gasteiger partial charge in [-0.1, -0.05) is 0 Å². The average molecular weight is 275 g/mol.